The third kappa shape index (κ3) is 3.20. The van der Waals surface area contributed by atoms with Crippen molar-refractivity contribution in [2.45, 2.75) is 19.9 Å². The SMILES string of the molecule is CCc1nn(CCOc2ccc(C=O)cc2)c(=O)c2ccccc12. The van der Waals surface area contributed by atoms with E-state index in [9.17, 15) is 9.59 Å². The van der Waals surface area contributed by atoms with Gasteiger partial charge in [0.05, 0.1) is 17.6 Å². The van der Waals surface area contributed by atoms with Gasteiger partial charge < -0.3 is 4.74 Å². The highest BCUT2D eigenvalue weighted by Crippen LogP contribution is 2.14. The average Bonchev–Trinajstić information content (AvgIpc) is 2.64. The predicted molar refractivity (Wildman–Crippen MR) is 92.7 cm³/mol. The molecule has 0 saturated heterocycles. The molecule has 3 aromatic rings. The summed E-state index contributed by atoms with van der Waals surface area (Å²) in [6.07, 6.45) is 1.55. The second kappa shape index (κ2) is 7.08. The molecule has 0 unspecified atom stereocenters. The van der Waals surface area contributed by atoms with E-state index in [4.69, 9.17) is 4.74 Å². The lowest BCUT2D eigenvalue weighted by Crippen LogP contribution is -2.27. The van der Waals surface area contributed by atoms with Crippen molar-refractivity contribution in [3.8, 4) is 5.75 Å². The van der Waals surface area contributed by atoms with Crippen molar-refractivity contribution in [1.29, 1.82) is 0 Å². The first-order valence-electron chi connectivity index (χ1n) is 7.89. The first-order chi connectivity index (χ1) is 11.7. The molecular formula is C19H18N2O3. The Bertz CT molecular complexity index is 914. The van der Waals surface area contributed by atoms with Crippen molar-refractivity contribution >= 4 is 17.1 Å². The van der Waals surface area contributed by atoms with Crippen LogP contribution in [-0.4, -0.2) is 22.7 Å². The molecule has 24 heavy (non-hydrogen) atoms. The van der Waals surface area contributed by atoms with E-state index < -0.39 is 0 Å². The number of aromatic nitrogens is 2. The zero-order valence-electron chi connectivity index (χ0n) is 13.4. The fraction of sp³-hybridized carbons (Fsp3) is 0.211. The number of aldehydes is 1. The van der Waals surface area contributed by atoms with Crippen LogP contribution in [0, 0.1) is 0 Å². The molecule has 2 aromatic carbocycles. The van der Waals surface area contributed by atoms with Gasteiger partial charge in [-0.3, -0.25) is 9.59 Å². The van der Waals surface area contributed by atoms with Crippen LogP contribution in [0.5, 0.6) is 5.75 Å². The molecule has 0 saturated carbocycles. The molecule has 0 spiro atoms. The largest absolute Gasteiger partial charge is 0.492 e. The van der Waals surface area contributed by atoms with Gasteiger partial charge in [-0.2, -0.15) is 5.10 Å². The number of hydrogen-bond acceptors (Lipinski definition) is 4. The maximum absolute atomic E-state index is 12.5. The van der Waals surface area contributed by atoms with Gasteiger partial charge in [-0.25, -0.2) is 4.68 Å². The second-order valence-electron chi connectivity index (χ2n) is 5.41. The number of fused-ring (bicyclic) bond motifs is 1. The molecular weight excluding hydrogens is 304 g/mol. The molecule has 1 heterocycles. The Hall–Kier alpha value is -2.95. The maximum Gasteiger partial charge on any atom is 0.274 e. The van der Waals surface area contributed by atoms with E-state index in [1.54, 1.807) is 24.3 Å². The third-order valence-corrected chi connectivity index (χ3v) is 3.87. The molecule has 0 aliphatic carbocycles. The number of carbonyl (C=O) groups is 1. The molecule has 0 bridgehead atoms. The molecule has 3 rings (SSSR count). The lowest BCUT2D eigenvalue weighted by atomic mass is 10.1. The molecule has 1 aromatic heterocycles. The number of benzene rings is 2. The number of rotatable bonds is 6. The highest BCUT2D eigenvalue weighted by atomic mass is 16.5. The van der Waals surface area contributed by atoms with Crippen LogP contribution in [0.4, 0.5) is 0 Å². The van der Waals surface area contributed by atoms with E-state index in [-0.39, 0.29) is 5.56 Å². The topological polar surface area (TPSA) is 61.2 Å². The number of nitrogens with zero attached hydrogens (tertiary/aromatic N) is 2. The van der Waals surface area contributed by atoms with Gasteiger partial charge >= 0.3 is 0 Å². The van der Waals surface area contributed by atoms with Crippen molar-refractivity contribution in [3.05, 3.63) is 70.1 Å². The van der Waals surface area contributed by atoms with Gasteiger partial charge in [0.25, 0.3) is 5.56 Å². The highest BCUT2D eigenvalue weighted by molar-refractivity contribution is 5.83. The quantitative estimate of drug-likeness (QED) is 0.655. The van der Waals surface area contributed by atoms with E-state index in [2.05, 4.69) is 5.10 Å². The average molecular weight is 322 g/mol. The smallest absolute Gasteiger partial charge is 0.274 e. The number of hydrogen-bond donors (Lipinski definition) is 0. The molecule has 0 radical (unpaired) electrons. The van der Waals surface area contributed by atoms with Crippen LogP contribution in [0.1, 0.15) is 23.0 Å². The first kappa shape index (κ1) is 15.9. The van der Waals surface area contributed by atoms with Crippen LogP contribution in [0.25, 0.3) is 10.8 Å². The Morgan fingerprint density at radius 2 is 1.79 bits per heavy atom. The normalized spacial score (nSPS) is 10.7. The summed E-state index contributed by atoms with van der Waals surface area (Å²) in [6, 6.07) is 14.4. The lowest BCUT2D eigenvalue weighted by molar-refractivity contribution is 0.112. The zero-order chi connectivity index (χ0) is 16.9. The van der Waals surface area contributed by atoms with Crippen LogP contribution in [0.3, 0.4) is 0 Å². The maximum atomic E-state index is 12.5. The Labute approximate surface area is 139 Å². The van der Waals surface area contributed by atoms with Crippen LogP contribution in [0.15, 0.2) is 53.3 Å². The minimum Gasteiger partial charge on any atom is -0.492 e. The van der Waals surface area contributed by atoms with Crippen LogP contribution < -0.4 is 10.3 Å². The van der Waals surface area contributed by atoms with Crippen molar-refractivity contribution in [3.63, 3.8) is 0 Å². The monoisotopic (exact) mass is 322 g/mol. The van der Waals surface area contributed by atoms with Crippen molar-refractivity contribution in [2.75, 3.05) is 6.61 Å². The summed E-state index contributed by atoms with van der Waals surface area (Å²) in [5.41, 5.74) is 1.39. The fourth-order valence-corrected chi connectivity index (χ4v) is 2.61. The molecule has 0 amide bonds. The minimum atomic E-state index is -0.109. The summed E-state index contributed by atoms with van der Waals surface area (Å²) in [5, 5.41) is 6.04. The molecule has 122 valence electrons. The predicted octanol–water partition coefficient (Wildman–Crippen LogP) is 2.85. The van der Waals surface area contributed by atoms with Gasteiger partial charge in [-0.15, -0.1) is 0 Å². The third-order valence-electron chi connectivity index (χ3n) is 3.87. The van der Waals surface area contributed by atoms with E-state index in [0.29, 0.717) is 29.9 Å². The van der Waals surface area contributed by atoms with Gasteiger partial charge in [-0.1, -0.05) is 25.1 Å². The summed E-state index contributed by atoms with van der Waals surface area (Å²) in [5.74, 6) is 0.658. The Morgan fingerprint density at radius 3 is 2.46 bits per heavy atom. The molecule has 0 aliphatic rings. The van der Waals surface area contributed by atoms with E-state index in [0.717, 1.165) is 23.8 Å². The fourth-order valence-electron chi connectivity index (χ4n) is 2.61. The van der Waals surface area contributed by atoms with Crippen LogP contribution >= 0.6 is 0 Å². The minimum absolute atomic E-state index is 0.109. The lowest BCUT2D eigenvalue weighted by Gasteiger charge is -2.11. The molecule has 0 atom stereocenters. The van der Waals surface area contributed by atoms with Crippen molar-refractivity contribution in [1.82, 2.24) is 9.78 Å². The Kier molecular flexibility index (Phi) is 4.70. The summed E-state index contributed by atoms with van der Waals surface area (Å²) in [6.45, 7) is 2.72. The van der Waals surface area contributed by atoms with Gasteiger partial charge in [0.2, 0.25) is 0 Å². The van der Waals surface area contributed by atoms with Crippen molar-refractivity contribution in [2.24, 2.45) is 0 Å². The summed E-state index contributed by atoms with van der Waals surface area (Å²) < 4.78 is 7.09. The molecule has 5 heteroatoms. The van der Waals surface area contributed by atoms with Crippen LogP contribution in [-0.2, 0) is 13.0 Å². The van der Waals surface area contributed by atoms with E-state index in [1.165, 1.54) is 4.68 Å². The van der Waals surface area contributed by atoms with Gasteiger partial charge in [-0.05, 0) is 36.8 Å². The molecule has 5 nitrogen and oxygen atoms in total. The van der Waals surface area contributed by atoms with Gasteiger partial charge in [0.15, 0.2) is 0 Å². The highest BCUT2D eigenvalue weighted by Gasteiger charge is 2.09. The number of ether oxygens (including phenoxy) is 1. The van der Waals surface area contributed by atoms with Gasteiger partial charge in [0, 0.05) is 10.9 Å². The standard InChI is InChI=1S/C19H18N2O3/c1-2-18-16-5-3-4-6-17(16)19(23)21(20-18)11-12-24-15-9-7-14(13-22)8-10-15/h3-10,13H,2,11-12H2,1H3. The Morgan fingerprint density at radius 1 is 1.08 bits per heavy atom. The summed E-state index contributed by atoms with van der Waals surface area (Å²) in [7, 11) is 0. The number of aryl methyl sites for hydroxylation is 1. The molecule has 0 aliphatic heterocycles. The second-order valence-corrected chi connectivity index (χ2v) is 5.41. The summed E-state index contributed by atoms with van der Waals surface area (Å²) >= 11 is 0. The Balaban J connectivity index is 1.78. The zero-order valence-corrected chi connectivity index (χ0v) is 13.4. The molecule has 0 N–H and O–H groups in total. The summed E-state index contributed by atoms with van der Waals surface area (Å²) in [4.78, 5) is 23.2. The van der Waals surface area contributed by atoms with Crippen molar-refractivity contribution < 1.29 is 9.53 Å². The number of carbonyl (C=O) groups excluding carboxylic acids is 1. The van der Waals surface area contributed by atoms with E-state index >= 15 is 0 Å². The van der Waals surface area contributed by atoms with E-state index in [1.807, 2.05) is 31.2 Å². The van der Waals surface area contributed by atoms with Gasteiger partial charge in [0.1, 0.15) is 18.6 Å². The molecule has 0 fully saturated rings. The van der Waals surface area contributed by atoms with Crippen LogP contribution in [0.2, 0.25) is 0 Å². The first-order valence-corrected chi connectivity index (χ1v) is 7.89.